The topological polar surface area (TPSA) is 92.7 Å². The fourth-order valence-corrected chi connectivity index (χ4v) is 2.67. The molecule has 10 heteroatoms. The Hall–Kier alpha value is -3.30. The maximum Gasteiger partial charge on any atom is 0.405 e. The molecule has 0 radical (unpaired) electrons. The van der Waals surface area contributed by atoms with Gasteiger partial charge in [-0.1, -0.05) is 13.8 Å². The van der Waals surface area contributed by atoms with E-state index in [1.54, 1.807) is 50.5 Å². The molecule has 156 valence electrons. The molecule has 7 nitrogen and oxygen atoms in total. The minimum absolute atomic E-state index is 0. The van der Waals surface area contributed by atoms with E-state index >= 15 is 0 Å². The summed E-state index contributed by atoms with van der Waals surface area (Å²) < 4.78 is 37.2. The number of carbonyl (C=O) groups excluding carboxylic acids is 1. The van der Waals surface area contributed by atoms with E-state index < -0.39 is 24.7 Å². The highest BCUT2D eigenvalue weighted by Crippen LogP contribution is 2.21. The molecule has 0 bridgehead atoms. The summed E-state index contributed by atoms with van der Waals surface area (Å²) >= 11 is 0. The number of carbonyl (C=O) groups is 1. The van der Waals surface area contributed by atoms with Gasteiger partial charge in [-0.25, -0.2) is 9.97 Å². The van der Waals surface area contributed by atoms with Crippen molar-refractivity contribution in [3.8, 4) is 11.4 Å². The van der Waals surface area contributed by atoms with Crippen LogP contribution in [0.3, 0.4) is 0 Å². The molecule has 3 aromatic rings. The highest BCUT2D eigenvalue weighted by atomic mass is 19.4. The van der Waals surface area contributed by atoms with Gasteiger partial charge in [-0.3, -0.25) is 14.8 Å². The van der Waals surface area contributed by atoms with Crippen LogP contribution < -0.4 is 10.6 Å². The molecule has 1 atom stereocenters. The van der Waals surface area contributed by atoms with Crippen molar-refractivity contribution in [2.24, 2.45) is 5.92 Å². The Bertz CT molecular complexity index is 1020. The number of hydrogen-bond acceptors (Lipinski definition) is 6. The lowest BCUT2D eigenvalue weighted by atomic mass is 10.0. The third kappa shape index (κ3) is 5.37. The van der Waals surface area contributed by atoms with Crippen molar-refractivity contribution in [2.75, 3.05) is 11.9 Å². The number of nitrogens with one attached hydrogen (secondary N) is 2. The molecule has 1 amide bonds. The molecule has 2 N–H and O–H groups in total. The Balaban J connectivity index is 0.00000240. The van der Waals surface area contributed by atoms with Gasteiger partial charge < -0.3 is 10.6 Å². The smallest absolute Gasteiger partial charge is 0.358 e. The third-order valence-corrected chi connectivity index (χ3v) is 4.10. The Morgan fingerprint density at radius 3 is 2.48 bits per heavy atom. The maximum absolute atomic E-state index is 12.4. The van der Waals surface area contributed by atoms with E-state index in [-0.39, 0.29) is 8.77 Å². The van der Waals surface area contributed by atoms with Crippen molar-refractivity contribution in [2.45, 2.75) is 26.1 Å². The van der Waals surface area contributed by atoms with Gasteiger partial charge in [-0.2, -0.15) is 13.2 Å². The van der Waals surface area contributed by atoms with Crippen LogP contribution in [-0.4, -0.2) is 44.6 Å². The first-order valence-electron chi connectivity index (χ1n) is 8.88. The SMILES string of the molecule is CC(C)[C@@H](Nc1ccnc(-c2ccc3nccnc3c2)n1)C(=O)NCC(F)(F)F.[HH].[HH]. The van der Waals surface area contributed by atoms with Crippen LogP contribution in [-0.2, 0) is 4.79 Å². The number of alkyl halides is 3. The van der Waals surface area contributed by atoms with E-state index in [0.29, 0.717) is 22.7 Å². The quantitative estimate of drug-likeness (QED) is 0.646. The molecule has 29 heavy (non-hydrogen) atoms. The molecular formula is C19H23F3N6O. The number of aromatic nitrogens is 4. The summed E-state index contributed by atoms with van der Waals surface area (Å²) in [6.45, 7) is 2.08. The predicted octanol–water partition coefficient (Wildman–Crippen LogP) is 3.69. The van der Waals surface area contributed by atoms with E-state index in [1.807, 2.05) is 5.32 Å². The second kappa shape index (κ2) is 8.38. The van der Waals surface area contributed by atoms with Crippen molar-refractivity contribution in [1.82, 2.24) is 25.3 Å². The molecule has 2 aromatic heterocycles. The summed E-state index contributed by atoms with van der Waals surface area (Å²) in [4.78, 5) is 29.3. The number of amides is 1. The van der Waals surface area contributed by atoms with Crippen LogP contribution in [0.15, 0.2) is 42.9 Å². The number of fused-ring (bicyclic) bond motifs is 1. The second-order valence-corrected chi connectivity index (χ2v) is 6.72. The molecule has 0 aliphatic heterocycles. The largest absolute Gasteiger partial charge is 0.405 e. The molecule has 0 aliphatic carbocycles. The van der Waals surface area contributed by atoms with Crippen LogP contribution in [0.2, 0.25) is 0 Å². The number of hydrogen-bond donors (Lipinski definition) is 2. The Morgan fingerprint density at radius 1 is 1.07 bits per heavy atom. The molecule has 3 rings (SSSR count). The van der Waals surface area contributed by atoms with Crippen LogP contribution in [0.4, 0.5) is 19.0 Å². The fourth-order valence-electron chi connectivity index (χ4n) is 2.67. The maximum atomic E-state index is 12.4. The van der Waals surface area contributed by atoms with E-state index in [2.05, 4.69) is 25.3 Å². The second-order valence-electron chi connectivity index (χ2n) is 6.72. The Kier molecular flexibility index (Phi) is 5.90. The molecule has 0 unspecified atom stereocenters. The van der Waals surface area contributed by atoms with Crippen LogP contribution in [0.1, 0.15) is 16.7 Å². The zero-order valence-electron chi connectivity index (χ0n) is 15.7. The molecule has 0 fully saturated rings. The lowest BCUT2D eigenvalue weighted by Gasteiger charge is -2.22. The number of halogens is 3. The van der Waals surface area contributed by atoms with E-state index in [4.69, 9.17) is 0 Å². The first-order valence-corrected chi connectivity index (χ1v) is 8.88. The van der Waals surface area contributed by atoms with Crippen LogP contribution in [0, 0.1) is 5.92 Å². The van der Waals surface area contributed by atoms with Crippen molar-refractivity contribution < 1.29 is 20.8 Å². The normalized spacial score (nSPS) is 12.8. The predicted molar refractivity (Wildman–Crippen MR) is 106 cm³/mol. The van der Waals surface area contributed by atoms with Gasteiger partial charge in [-0.15, -0.1) is 0 Å². The van der Waals surface area contributed by atoms with Gasteiger partial charge in [0.25, 0.3) is 0 Å². The van der Waals surface area contributed by atoms with Crippen LogP contribution in [0.5, 0.6) is 0 Å². The van der Waals surface area contributed by atoms with Gasteiger partial charge in [0, 0.05) is 27.0 Å². The van der Waals surface area contributed by atoms with Gasteiger partial charge in [0.05, 0.1) is 11.0 Å². The molecule has 0 spiro atoms. The molecular weight excluding hydrogens is 385 g/mol. The average Bonchev–Trinajstić information content (AvgIpc) is 2.69. The number of nitrogens with zero attached hydrogens (tertiary/aromatic N) is 4. The lowest BCUT2D eigenvalue weighted by Crippen LogP contribution is -2.46. The van der Waals surface area contributed by atoms with Crippen molar-refractivity contribution in [3.05, 3.63) is 42.9 Å². The monoisotopic (exact) mass is 408 g/mol. The first kappa shape index (κ1) is 20.4. The molecule has 0 saturated carbocycles. The van der Waals surface area contributed by atoms with Gasteiger partial charge in [0.15, 0.2) is 5.82 Å². The minimum atomic E-state index is -4.47. The van der Waals surface area contributed by atoms with Gasteiger partial charge >= 0.3 is 6.18 Å². The summed E-state index contributed by atoms with van der Waals surface area (Å²) in [6, 6.07) is 6.05. The zero-order valence-corrected chi connectivity index (χ0v) is 15.7. The van der Waals surface area contributed by atoms with Crippen molar-refractivity contribution in [1.29, 1.82) is 0 Å². The Morgan fingerprint density at radius 2 is 1.79 bits per heavy atom. The average molecular weight is 408 g/mol. The summed E-state index contributed by atoms with van der Waals surface area (Å²) in [7, 11) is 0. The van der Waals surface area contributed by atoms with Gasteiger partial charge in [0.1, 0.15) is 18.4 Å². The van der Waals surface area contributed by atoms with Gasteiger partial charge in [0.2, 0.25) is 5.91 Å². The Labute approximate surface area is 167 Å². The van der Waals surface area contributed by atoms with E-state index in [1.165, 1.54) is 6.20 Å². The van der Waals surface area contributed by atoms with Crippen molar-refractivity contribution in [3.63, 3.8) is 0 Å². The van der Waals surface area contributed by atoms with E-state index in [9.17, 15) is 18.0 Å². The van der Waals surface area contributed by atoms with Gasteiger partial charge in [-0.05, 0) is 30.2 Å². The summed E-state index contributed by atoms with van der Waals surface area (Å²) in [5.74, 6) is -0.299. The summed E-state index contributed by atoms with van der Waals surface area (Å²) in [5.41, 5.74) is 2.11. The highest BCUT2D eigenvalue weighted by molar-refractivity contribution is 5.85. The fraction of sp³-hybridized carbons (Fsp3) is 0.316. The number of rotatable bonds is 6. The van der Waals surface area contributed by atoms with E-state index in [0.717, 1.165) is 5.52 Å². The van der Waals surface area contributed by atoms with Crippen molar-refractivity contribution >= 4 is 22.8 Å². The molecule has 0 saturated heterocycles. The molecule has 2 heterocycles. The molecule has 1 aromatic carbocycles. The number of anilines is 1. The zero-order chi connectivity index (χ0) is 21.0. The lowest BCUT2D eigenvalue weighted by molar-refractivity contribution is -0.139. The molecule has 0 aliphatic rings. The highest BCUT2D eigenvalue weighted by Gasteiger charge is 2.30. The van der Waals surface area contributed by atoms with Crippen LogP contribution >= 0.6 is 0 Å². The minimum Gasteiger partial charge on any atom is -0.358 e. The third-order valence-electron chi connectivity index (χ3n) is 4.10. The van der Waals surface area contributed by atoms with Crippen LogP contribution in [0.25, 0.3) is 22.4 Å². The number of benzene rings is 1. The summed E-state index contributed by atoms with van der Waals surface area (Å²) in [5, 5.41) is 4.81. The first-order chi connectivity index (χ1) is 13.7. The standard InChI is InChI=1S/C19H19F3N6O.2H2/c1-11(2)16(18(29)26-10-19(20,21)22)27-15-5-6-25-17(28-15)12-3-4-13-14(9-12)24-8-7-23-13;;/h3-9,11,16H,10H2,1-2H3,(H,26,29)(H,25,27,28);2*1H/t16-;;/m1../s1. The summed E-state index contributed by atoms with van der Waals surface area (Å²) in [6.07, 6.45) is 0.214.